The Labute approximate surface area is 125 Å². The Morgan fingerprint density at radius 3 is 1.95 bits per heavy atom. The first-order valence-electron chi connectivity index (χ1n) is 6.96. The summed E-state index contributed by atoms with van der Waals surface area (Å²) in [6, 6.07) is 0. The molecule has 0 aromatic carbocycles. The zero-order valence-corrected chi connectivity index (χ0v) is 11.6. The number of hydrogen-bond donors (Lipinski definition) is 6. The molecule has 0 aromatic rings. The number of aliphatic hydroxyl groups is 6. The van der Waals surface area contributed by atoms with Gasteiger partial charge in [0.25, 0.3) is 0 Å². The number of ether oxygens (including phenoxy) is 4. The molecule has 22 heavy (non-hydrogen) atoms. The second-order valence-electron chi connectivity index (χ2n) is 5.79. The van der Waals surface area contributed by atoms with E-state index in [0.717, 1.165) is 0 Å². The second kappa shape index (κ2) is 5.60. The Balaban J connectivity index is 1.73. The maximum atomic E-state index is 10.0. The maximum absolute atomic E-state index is 10.0. The van der Waals surface area contributed by atoms with Gasteiger partial charge in [-0.2, -0.15) is 0 Å². The van der Waals surface area contributed by atoms with Crippen LogP contribution in [0.2, 0.25) is 0 Å². The molecular weight excluding hydrogens is 304 g/mol. The van der Waals surface area contributed by atoms with E-state index in [9.17, 15) is 25.5 Å². The SMILES string of the molecule is OC[C@H]1O[C@@]2(CO[C@@]3(CO2)OC[C@@H](O)C(O)C3O)C(O)C1O. The predicted octanol–water partition coefficient (Wildman–Crippen LogP) is -4.35. The zero-order valence-electron chi connectivity index (χ0n) is 11.6. The summed E-state index contributed by atoms with van der Waals surface area (Å²) in [6.45, 7) is -1.58. The number of hydrogen-bond acceptors (Lipinski definition) is 10. The van der Waals surface area contributed by atoms with Crippen molar-refractivity contribution in [1.82, 2.24) is 0 Å². The fraction of sp³-hybridized carbons (Fsp3) is 1.00. The Hall–Kier alpha value is -0.400. The van der Waals surface area contributed by atoms with Crippen molar-refractivity contribution in [3.8, 4) is 0 Å². The maximum Gasteiger partial charge on any atom is 0.222 e. The van der Waals surface area contributed by atoms with Crippen molar-refractivity contribution in [2.45, 2.75) is 48.2 Å². The molecular formula is C12H20O10. The molecule has 10 nitrogen and oxygen atoms in total. The van der Waals surface area contributed by atoms with Crippen LogP contribution in [0.25, 0.3) is 0 Å². The summed E-state index contributed by atoms with van der Waals surface area (Å²) in [6.07, 6.45) is -8.14. The molecule has 10 heteroatoms. The Kier molecular flexibility index (Phi) is 4.19. The van der Waals surface area contributed by atoms with Crippen molar-refractivity contribution in [2.24, 2.45) is 0 Å². The molecule has 128 valence electrons. The summed E-state index contributed by atoms with van der Waals surface area (Å²) in [7, 11) is 0. The van der Waals surface area contributed by atoms with Crippen LogP contribution in [0.3, 0.4) is 0 Å². The lowest BCUT2D eigenvalue weighted by atomic mass is 9.95. The van der Waals surface area contributed by atoms with Crippen LogP contribution in [-0.2, 0) is 18.9 Å². The number of rotatable bonds is 1. The van der Waals surface area contributed by atoms with Crippen LogP contribution in [0.5, 0.6) is 0 Å². The summed E-state index contributed by atoms with van der Waals surface area (Å²) in [5.74, 6) is -3.39. The van der Waals surface area contributed by atoms with Gasteiger partial charge in [-0.05, 0) is 0 Å². The molecule has 3 aliphatic rings. The first kappa shape index (κ1) is 16.5. The standard InChI is InChI=1S/C12H20O10/c13-1-6-8(16)10(18)12(22-6)4-20-11(3-21-12)9(17)7(15)5(14)2-19-11/h5-10,13-18H,1-4H2/t5-,6-,7?,8?,9?,10?,11-,12+/m1/s1. The first-order valence-corrected chi connectivity index (χ1v) is 6.96. The van der Waals surface area contributed by atoms with E-state index in [0.29, 0.717) is 0 Å². The molecule has 2 spiro atoms. The molecule has 3 aliphatic heterocycles. The van der Waals surface area contributed by atoms with Crippen LogP contribution in [0, 0.1) is 0 Å². The fourth-order valence-corrected chi connectivity index (χ4v) is 2.91. The van der Waals surface area contributed by atoms with E-state index in [1.165, 1.54) is 0 Å². The van der Waals surface area contributed by atoms with Crippen molar-refractivity contribution in [2.75, 3.05) is 26.4 Å². The van der Waals surface area contributed by atoms with Crippen LogP contribution < -0.4 is 0 Å². The minimum Gasteiger partial charge on any atom is -0.394 e. The van der Waals surface area contributed by atoms with Gasteiger partial charge in [0.15, 0.2) is 0 Å². The highest BCUT2D eigenvalue weighted by molar-refractivity contribution is 5.02. The van der Waals surface area contributed by atoms with E-state index in [2.05, 4.69) is 0 Å². The quantitative estimate of drug-likeness (QED) is 0.278. The van der Waals surface area contributed by atoms with Gasteiger partial charge >= 0.3 is 0 Å². The molecule has 4 unspecified atom stereocenters. The fourth-order valence-electron chi connectivity index (χ4n) is 2.91. The van der Waals surface area contributed by atoms with Crippen LogP contribution >= 0.6 is 0 Å². The molecule has 8 atom stereocenters. The minimum absolute atomic E-state index is 0.264. The van der Waals surface area contributed by atoms with Gasteiger partial charge in [0, 0.05) is 0 Å². The largest absolute Gasteiger partial charge is 0.394 e. The van der Waals surface area contributed by atoms with E-state index in [-0.39, 0.29) is 6.61 Å². The van der Waals surface area contributed by atoms with Gasteiger partial charge in [0.1, 0.15) is 49.8 Å². The molecule has 0 bridgehead atoms. The monoisotopic (exact) mass is 324 g/mol. The van der Waals surface area contributed by atoms with Gasteiger partial charge in [0.2, 0.25) is 11.6 Å². The van der Waals surface area contributed by atoms with E-state index in [4.69, 9.17) is 24.1 Å². The van der Waals surface area contributed by atoms with Crippen molar-refractivity contribution >= 4 is 0 Å². The minimum atomic E-state index is -1.70. The normalized spacial score (nSPS) is 55.9. The van der Waals surface area contributed by atoms with E-state index in [1.54, 1.807) is 0 Å². The smallest absolute Gasteiger partial charge is 0.222 e. The molecule has 3 fully saturated rings. The van der Waals surface area contributed by atoms with Crippen LogP contribution in [0.1, 0.15) is 0 Å². The van der Waals surface area contributed by atoms with Gasteiger partial charge in [-0.15, -0.1) is 0 Å². The molecule has 0 amide bonds. The molecule has 0 aliphatic carbocycles. The van der Waals surface area contributed by atoms with Gasteiger partial charge in [-0.1, -0.05) is 0 Å². The molecule has 3 heterocycles. The van der Waals surface area contributed by atoms with E-state index in [1.807, 2.05) is 0 Å². The lowest BCUT2D eigenvalue weighted by Crippen LogP contribution is -2.69. The predicted molar refractivity (Wildman–Crippen MR) is 65.3 cm³/mol. The van der Waals surface area contributed by atoms with E-state index >= 15 is 0 Å². The second-order valence-corrected chi connectivity index (χ2v) is 5.79. The Bertz CT molecular complexity index is 403. The molecule has 0 aromatic heterocycles. The van der Waals surface area contributed by atoms with Crippen molar-refractivity contribution < 1.29 is 49.6 Å². The zero-order chi connectivity index (χ0) is 16.1. The van der Waals surface area contributed by atoms with E-state index < -0.39 is 68.0 Å². The third kappa shape index (κ3) is 2.27. The molecule has 6 N–H and O–H groups in total. The van der Waals surface area contributed by atoms with Crippen molar-refractivity contribution in [1.29, 1.82) is 0 Å². The first-order chi connectivity index (χ1) is 10.4. The summed E-state index contributed by atoms with van der Waals surface area (Å²) >= 11 is 0. The van der Waals surface area contributed by atoms with Gasteiger partial charge in [-0.25, -0.2) is 0 Å². The number of aliphatic hydroxyl groups excluding tert-OH is 6. The molecule has 0 radical (unpaired) electrons. The Morgan fingerprint density at radius 1 is 0.818 bits per heavy atom. The molecule has 3 rings (SSSR count). The van der Waals surface area contributed by atoms with Crippen LogP contribution in [-0.4, -0.2) is 105 Å². The topological polar surface area (TPSA) is 158 Å². The summed E-state index contributed by atoms with van der Waals surface area (Å²) in [5, 5.41) is 58.1. The highest BCUT2D eigenvalue weighted by Crippen LogP contribution is 2.40. The summed E-state index contributed by atoms with van der Waals surface area (Å²) in [4.78, 5) is 0. The van der Waals surface area contributed by atoms with Crippen LogP contribution in [0.15, 0.2) is 0 Å². The lowest BCUT2D eigenvalue weighted by molar-refractivity contribution is -0.430. The van der Waals surface area contributed by atoms with Gasteiger partial charge in [0.05, 0.1) is 13.2 Å². The average molecular weight is 324 g/mol. The highest BCUT2D eigenvalue weighted by atomic mass is 16.8. The molecule has 3 saturated heterocycles. The summed E-state index contributed by atoms with van der Waals surface area (Å²) < 4.78 is 21.5. The third-order valence-electron chi connectivity index (χ3n) is 4.39. The van der Waals surface area contributed by atoms with Crippen molar-refractivity contribution in [3.63, 3.8) is 0 Å². The highest BCUT2D eigenvalue weighted by Gasteiger charge is 2.62. The van der Waals surface area contributed by atoms with Crippen molar-refractivity contribution in [3.05, 3.63) is 0 Å². The summed E-state index contributed by atoms with van der Waals surface area (Å²) in [5.41, 5.74) is 0. The average Bonchev–Trinajstić information content (AvgIpc) is 2.77. The van der Waals surface area contributed by atoms with Crippen LogP contribution in [0.4, 0.5) is 0 Å². The Morgan fingerprint density at radius 2 is 1.41 bits per heavy atom. The molecule has 0 saturated carbocycles. The van der Waals surface area contributed by atoms with Gasteiger partial charge < -0.3 is 49.6 Å². The van der Waals surface area contributed by atoms with Gasteiger partial charge in [-0.3, -0.25) is 0 Å². The lowest BCUT2D eigenvalue weighted by Gasteiger charge is -2.50. The third-order valence-corrected chi connectivity index (χ3v) is 4.39.